The summed E-state index contributed by atoms with van der Waals surface area (Å²) in [5, 5.41) is 8.73. The Morgan fingerprint density at radius 1 is 1.43 bits per heavy atom. The van der Waals surface area contributed by atoms with Crippen molar-refractivity contribution < 1.29 is 4.79 Å². The average Bonchev–Trinajstić information content (AvgIpc) is 3.22. The lowest BCUT2D eigenvalue weighted by Gasteiger charge is -2.28. The predicted octanol–water partition coefficient (Wildman–Crippen LogP) is 2.03. The lowest BCUT2D eigenvalue weighted by atomic mass is 9.97. The summed E-state index contributed by atoms with van der Waals surface area (Å²) in [7, 11) is 1.93. The van der Waals surface area contributed by atoms with Gasteiger partial charge in [-0.15, -0.1) is 0 Å². The van der Waals surface area contributed by atoms with E-state index < -0.39 is 0 Å². The molecule has 3 rings (SSSR count). The zero-order chi connectivity index (χ0) is 16.6. The van der Waals surface area contributed by atoms with E-state index in [2.05, 4.69) is 10.2 Å². The van der Waals surface area contributed by atoms with Gasteiger partial charge in [0.2, 0.25) is 5.91 Å². The fourth-order valence-electron chi connectivity index (χ4n) is 3.73. The monoisotopic (exact) mass is 315 g/mol. The molecule has 1 saturated heterocycles. The quantitative estimate of drug-likeness (QED) is 0.867. The maximum Gasteiger partial charge on any atom is 0.230 e. The van der Waals surface area contributed by atoms with Crippen LogP contribution in [-0.2, 0) is 18.4 Å². The van der Waals surface area contributed by atoms with Crippen LogP contribution in [0.1, 0.15) is 42.6 Å². The lowest BCUT2D eigenvalue weighted by molar-refractivity contribution is -0.133. The molecule has 2 aromatic heterocycles. The van der Waals surface area contributed by atoms with Gasteiger partial charge in [-0.05, 0) is 39.7 Å². The molecule has 2 aromatic rings. The highest BCUT2D eigenvalue weighted by molar-refractivity contribution is 5.84. The van der Waals surface area contributed by atoms with E-state index in [1.165, 1.54) is 0 Å². The van der Waals surface area contributed by atoms with E-state index in [-0.39, 0.29) is 17.9 Å². The van der Waals surface area contributed by atoms with Gasteiger partial charge in [0.1, 0.15) is 0 Å². The Bertz CT molecular complexity index is 688. The summed E-state index contributed by atoms with van der Waals surface area (Å²) in [5.74, 6) is 0.0563. The first-order valence-electron chi connectivity index (χ1n) is 8.27. The Hall–Kier alpha value is -2.11. The van der Waals surface area contributed by atoms with Gasteiger partial charge in [0.05, 0.1) is 24.2 Å². The molecule has 0 aliphatic carbocycles. The van der Waals surface area contributed by atoms with E-state index in [1.54, 1.807) is 6.20 Å². The van der Waals surface area contributed by atoms with Crippen LogP contribution in [0.2, 0.25) is 0 Å². The topological polar surface area (TPSA) is 56.0 Å². The molecule has 0 spiro atoms. The first kappa shape index (κ1) is 15.8. The van der Waals surface area contributed by atoms with Crippen LogP contribution in [0, 0.1) is 13.8 Å². The van der Waals surface area contributed by atoms with Crippen LogP contribution < -0.4 is 0 Å². The largest absolute Gasteiger partial charge is 0.337 e. The van der Waals surface area contributed by atoms with Gasteiger partial charge >= 0.3 is 0 Å². The molecule has 1 aliphatic heterocycles. The third-order valence-electron chi connectivity index (χ3n) is 4.99. The van der Waals surface area contributed by atoms with Gasteiger partial charge in [0.25, 0.3) is 0 Å². The van der Waals surface area contributed by atoms with Gasteiger partial charge in [-0.25, -0.2) is 0 Å². The van der Waals surface area contributed by atoms with Gasteiger partial charge in [-0.1, -0.05) is 0 Å². The zero-order valence-electron chi connectivity index (χ0n) is 14.4. The minimum atomic E-state index is -0.151. The second-order valence-electron chi connectivity index (χ2n) is 6.49. The van der Waals surface area contributed by atoms with E-state index in [1.807, 2.05) is 54.3 Å². The highest BCUT2D eigenvalue weighted by Gasteiger charge is 2.34. The standard InChI is InChI=1S/C17H25N5O/c1-12(16-13(2)19-20(4)14(16)3)17(23)22-10-5-7-15(22)11-21-9-6-8-18-21/h6,8-9,12,15H,5,7,10-11H2,1-4H3/t12-,15+/m1/s1. The fourth-order valence-corrected chi connectivity index (χ4v) is 3.73. The first-order valence-corrected chi connectivity index (χ1v) is 8.27. The number of likely N-dealkylation sites (tertiary alicyclic amines) is 1. The molecule has 1 amide bonds. The summed E-state index contributed by atoms with van der Waals surface area (Å²) < 4.78 is 3.78. The van der Waals surface area contributed by atoms with Crippen LogP contribution in [0.15, 0.2) is 18.5 Å². The van der Waals surface area contributed by atoms with E-state index in [0.29, 0.717) is 0 Å². The second kappa shape index (κ2) is 6.18. The van der Waals surface area contributed by atoms with Crippen molar-refractivity contribution in [2.45, 2.75) is 52.1 Å². The van der Waals surface area contributed by atoms with Crippen LogP contribution in [0.4, 0.5) is 0 Å². The third-order valence-corrected chi connectivity index (χ3v) is 4.99. The normalized spacial score (nSPS) is 19.3. The minimum absolute atomic E-state index is 0.151. The SMILES string of the molecule is Cc1nn(C)c(C)c1[C@@H](C)C(=O)N1CCC[C@H]1Cn1cccn1. The van der Waals surface area contributed by atoms with Gasteiger partial charge in [-0.3, -0.25) is 14.2 Å². The molecule has 0 unspecified atom stereocenters. The number of nitrogens with zero attached hydrogens (tertiary/aromatic N) is 5. The zero-order valence-corrected chi connectivity index (χ0v) is 14.4. The number of aryl methyl sites for hydroxylation is 2. The molecule has 23 heavy (non-hydrogen) atoms. The van der Waals surface area contributed by atoms with Crippen LogP contribution in [-0.4, -0.2) is 43.0 Å². The van der Waals surface area contributed by atoms with E-state index >= 15 is 0 Å². The summed E-state index contributed by atoms with van der Waals surface area (Å²) in [6.45, 7) is 7.63. The van der Waals surface area contributed by atoms with Crippen molar-refractivity contribution >= 4 is 5.91 Å². The predicted molar refractivity (Wildman–Crippen MR) is 88.1 cm³/mol. The van der Waals surface area contributed by atoms with Crippen molar-refractivity contribution in [3.63, 3.8) is 0 Å². The molecule has 6 heteroatoms. The molecule has 3 heterocycles. The van der Waals surface area contributed by atoms with Crippen molar-refractivity contribution in [2.75, 3.05) is 6.54 Å². The summed E-state index contributed by atoms with van der Waals surface area (Å²) >= 11 is 0. The lowest BCUT2D eigenvalue weighted by Crippen LogP contribution is -2.40. The van der Waals surface area contributed by atoms with Crippen molar-refractivity contribution in [1.82, 2.24) is 24.5 Å². The summed E-state index contributed by atoms with van der Waals surface area (Å²) in [6, 6.07) is 2.16. The molecule has 0 aromatic carbocycles. The Labute approximate surface area is 137 Å². The van der Waals surface area contributed by atoms with Crippen LogP contribution in [0.3, 0.4) is 0 Å². The fraction of sp³-hybridized carbons (Fsp3) is 0.588. The number of amides is 1. The molecule has 0 bridgehead atoms. The minimum Gasteiger partial charge on any atom is -0.337 e. The third kappa shape index (κ3) is 2.90. The Balaban J connectivity index is 1.78. The molecule has 0 saturated carbocycles. The number of carbonyl (C=O) groups is 1. The molecule has 0 N–H and O–H groups in total. The molecule has 124 valence electrons. The molecule has 0 radical (unpaired) electrons. The maximum atomic E-state index is 13.1. The van der Waals surface area contributed by atoms with Gasteiger partial charge in [0, 0.05) is 37.2 Å². The van der Waals surface area contributed by atoms with Crippen molar-refractivity contribution in [3.8, 4) is 0 Å². The van der Waals surface area contributed by atoms with Crippen LogP contribution in [0.25, 0.3) is 0 Å². The Morgan fingerprint density at radius 2 is 2.22 bits per heavy atom. The van der Waals surface area contributed by atoms with E-state index in [9.17, 15) is 4.79 Å². The Kier molecular flexibility index (Phi) is 4.24. The van der Waals surface area contributed by atoms with Crippen molar-refractivity contribution in [3.05, 3.63) is 35.4 Å². The van der Waals surface area contributed by atoms with Gasteiger partial charge in [-0.2, -0.15) is 10.2 Å². The van der Waals surface area contributed by atoms with Crippen LogP contribution in [0.5, 0.6) is 0 Å². The molecule has 2 atom stereocenters. The second-order valence-corrected chi connectivity index (χ2v) is 6.49. The number of aromatic nitrogens is 4. The maximum absolute atomic E-state index is 13.1. The highest BCUT2D eigenvalue weighted by Crippen LogP contribution is 2.28. The van der Waals surface area contributed by atoms with E-state index in [4.69, 9.17) is 0 Å². The Morgan fingerprint density at radius 3 is 2.83 bits per heavy atom. The summed E-state index contributed by atoms with van der Waals surface area (Å²) in [5.41, 5.74) is 3.10. The number of carbonyl (C=O) groups excluding carboxylic acids is 1. The highest BCUT2D eigenvalue weighted by atomic mass is 16.2. The average molecular weight is 315 g/mol. The van der Waals surface area contributed by atoms with Crippen LogP contribution >= 0.6 is 0 Å². The van der Waals surface area contributed by atoms with Gasteiger partial charge in [0.15, 0.2) is 0 Å². The first-order chi connectivity index (χ1) is 11.0. The number of hydrogen-bond acceptors (Lipinski definition) is 3. The summed E-state index contributed by atoms with van der Waals surface area (Å²) in [6.07, 6.45) is 5.85. The molecule has 1 fully saturated rings. The number of rotatable bonds is 4. The van der Waals surface area contributed by atoms with E-state index in [0.717, 1.165) is 42.9 Å². The molecular weight excluding hydrogens is 290 g/mol. The summed E-state index contributed by atoms with van der Waals surface area (Å²) in [4.78, 5) is 15.1. The molecule has 6 nitrogen and oxygen atoms in total. The molecular formula is C17H25N5O. The van der Waals surface area contributed by atoms with Gasteiger partial charge < -0.3 is 4.90 Å². The molecule has 1 aliphatic rings. The van der Waals surface area contributed by atoms with Crippen molar-refractivity contribution in [2.24, 2.45) is 7.05 Å². The van der Waals surface area contributed by atoms with Crippen molar-refractivity contribution in [1.29, 1.82) is 0 Å². The number of hydrogen-bond donors (Lipinski definition) is 0. The smallest absolute Gasteiger partial charge is 0.230 e.